The zero-order valence-corrected chi connectivity index (χ0v) is 15.6. The van der Waals surface area contributed by atoms with Crippen LogP contribution in [0.4, 0.5) is 10.7 Å². The van der Waals surface area contributed by atoms with Gasteiger partial charge in [-0.05, 0) is 49.2 Å². The molecule has 1 aliphatic carbocycles. The van der Waals surface area contributed by atoms with Gasteiger partial charge in [0.25, 0.3) is 5.91 Å². The van der Waals surface area contributed by atoms with Gasteiger partial charge in [-0.15, -0.1) is 11.3 Å². The van der Waals surface area contributed by atoms with Gasteiger partial charge in [0.15, 0.2) is 0 Å². The van der Waals surface area contributed by atoms with Crippen molar-refractivity contribution in [2.24, 2.45) is 5.92 Å². The Hall–Kier alpha value is -2.19. The minimum Gasteiger partial charge on any atom is -0.342 e. The second-order valence-electron chi connectivity index (χ2n) is 5.67. The van der Waals surface area contributed by atoms with Crippen molar-refractivity contribution in [2.75, 3.05) is 17.2 Å². The molecule has 3 amide bonds. The maximum absolute atomic E-state index is 12.1. The first-order valence-electron chi connectivity index (χ1n) is 7.75. The molecule has 0 spiro atoms. The number of hydrogen-bond acceptors (Lipinski definition) is 4. The van der Waals surface area contributed by atoms with E-state index in [0.717, 1.165) is 17.3 Å². The lowest BCUT2D eigenvalue weighted by atomic mass is 10.3. The van der Waals surface area contributed by atoms with Crippen molar-refractivity contribution in [1.82, 2.24) is 5.32 Å². The number of benzene rings is 1. The normalized spacial score (nSPS) is 13.2. The molecular formula is C17H16BrN3O3S. The molecule has 0 saturated heterocycles. The third-order valence-electron chi connectivity index (χ3n) is 3.56. The summed E-state index contributed by atoms with van der Waals surface area (Å²) in [6, 6.07) is 10.5. The largest absolute Gasteiger partial charge is 0.342 e. The van der Waals surface area contributed by atoms with Crippen LogP contribution in [-0.4, -0.2) is 24.3 Å². The van der Waals surface area contributed by atoms with Crippen LogP contribution in [-0.2, 0) is 9.59 Å². The Bertz CT molecular complexity index is 800. The molecule has 1 aromatic heterocycles. The van der Waals surface area contributed by atoms with Crippen LogP contribution in [0.1, 0.15) is 22.5 Å². The lowest BCUT2D eigenvalue weighted by Crippen LogP contribution is -2.32. The number of halogens is 1. The van der Waals surface area contributed by atoms with Gasteiger partial charge >= 0.3 is 0 Å². The molecule has 1 aliphatic rings. The standard InChI is InChI=1S/C17H16BrN3O3S/c18-11-3-5-12(6-4-11)20-14(22)9-19-17(24)13-7-8-15(25-13)21-16(23)10-1-2-10/h3-8,10H,1-2,9H2,(H,19,24)(H,20,22)(H,21,23). The summed E-state index contributed by atoms with van der Waals surface area (Å²) in [5.41, 5.74) is 0.656. The third-order valence-corrected chi connectivity index (χ3v) is 5.09. The molecule has 130 valence electrons. The highest BCUT2D eigenvalue weighted by molar-refractivity contribution is 9.10. The Morgan fingerprint density at radius 1 is 1.04 bits per heavy atom. The molecule has 0 atom stereocenters. The SMILES string of the molecule is O=C(CNC(=O)c1ccc(NC(=O)C2CC2)s1)Nc1ccc(Br)cc1. The van der Waals surface area contributed by atoms with Crippen LogP contribution < -0.4 is 16.0 Å². The molecule has 0 radical (unpaired) electrons. The van der Waals surface area contributed by atoms with E-state index in [1.165, 1.54) is 11.3 Å². The number of carbonyl (C=O) groups is 3. The molecule has 3 N–H and O–H groups in total. The topological polar surface area (TPSA) is 87.3 Å². The first-order valence-corrected chi connectivity index (χ1v) is 9.36. The minimum absolute atomic E-state index is 0.00248. The van der Waals surface area contributed by atoms with E-state index in [2.05, 4.69) is 31.9 Å². The molecule has 0 bridgehead atoms. The highest BCUT2D eigenvalue weighted by Gasteiger charge is 2.29. The van der Waals surface area contributed by atoms with Gasteiger partial charge in [-0.1, -0.05) is 15.9 Å². The maximum atomic E-state index is 12.1. The number of anilines is 2. The second-order valence-corrected chi connectivity index (χ2v) is 7.66. The molecule has 8 heteroatoms. The highest BCUT2D eigenvalue weighted by atomic mass is 79.9. The Balaban J connectivity index is 1.46. The number of amides is 3. The predicted octanol–water partition coefficient (Wildman–Crippen LogP) is 3.23. The van der Waals surface area contributed by atoms with Crippen LogP contribution in [0, 0.1) is 5.92 Å². The van der Waals surface area contributed by atoms with E-state index < -0.39 is 0 Å². The van der Waals surface area contributed by atoms with E-state index in [-0.39, 0.29) is 30.2 Å². The summed E-state index contributed by atoms with van der Waals surface area (Å²) in [6.45, 7) is -0.128. The predicted molar refractivity (Wildman–Crippen MR) is 101 cm³/mol. The van der Waals surface area contributed by atoms with E-state index in [1.807, 2.05) is 12.1 Å². The van der Waals surface area contributed by atoms with E-state index >= 15 is 0 Å². The fraction of sp³-hybridized carbons (Fsp3) is 0.235. The Morgan fingerprint density at radius 3 is 2.44 bits per heavy atom. The molecule has 1 saturated carbocycles. The lowest BCUT2D eigenvalue weighted by molar-refractivity contribution is -0.117. The van der Waals surface area contributed by atoms with E-state index in [1.54, 1.807) is 24.3 Å². The zero-order chi connectivity index (χ0) is 17.8. The molecule has 1 aromatic carbocycles. The van der Waals surface area contributed by atoms with Gasteiger partial charge in [-0.3, -0.25) is 14.4 Å². The maximum Gasteiger partial charge on any atom is 0.261 e. The molecule has 1 heterocycles. The summed E-state index contributed by atoms with van der Waals surface area (Å²) in [6.07, 6.45) is 1.86. The quantitative estimate of drug-likeness (QED) is 0.668. The first kappa shape index (κ1) is 17.6. The number of carbonyl (C=O) groups excluding carboxylic acids is 3. The van der Waals surface area contributed by atoms with Gasteiger partial charge in [0.2, 0.25) is 11.8 Å². The lowest BCUT2D eigenvalue weighted by Gasteiger charge is -2.06. The fourth-order valence-corrected chi connectivity index (χ4v) is 3.17. The molecule has 2 aromatic rings. The second kappa shape index (κ2) is 7.79. The number of nitrogens with one attached hydrogen (secondary N) is 3. The molecule has 25 heavy (non-hydrogen) atoms. The summed E-state index contributed by atoms with van der Waals surface area (Å²) in [4.78, 5) is 36.1. The first-order chi connectivity index (χ1) is 12.0. The van der Waals surface area contributed by atoms with Crippen molar-refractivity contribution < 1.29 is 14.4 Å². The van der Waals surface area contributed by atoms with Crippen molar-refractivity contribution in [3.8, 4) is 0 Å². The Kier molecular flexibility index (Phi) is 5.50. The van der Waals surface area contributed by atoms with Gasteiger partial charge in [0.1, 0.15) is 0 Å². The number of rotatable bonds is 6. The monoisotopic (exact) mass is 421 g/mol. The van der Waals surface area contributed by atoms with Gasteiger partial charge in [-0.25, -0.2) is 0 Å². The molecule has 6 nitrogen and oxygen atoms in total. The average Bonchev–Trinajstić information content (AvgIpc) is 3.35. The summed E-state index contributed by atoms with van der Waals surface area (Å²) >= 11 is 4.51. The summed E-state index contributed by atoms with van der Waals surface area (Å²) in [5, 5.41) is 8.71. The van der Waals surface area contributed by atoms with Gasteiger partial charge in [0.05, 0.1) is 16.4 Å². The molecule has 1 fully saturated rings. The van der Waals surface area contributed by atoms with E-state index in [4.69, 9.17) is 0 Å². The summed E-state index contributed by atoms with van der Waals surface area (Å²) < 4.78 is 0.918. The van der Waals surface area contributed by atoms with Crippen LogP contribution in [0.3, 0.4) is 0 Å². The van der Waals surface area contributed by atoms with Crippen molar-refractivity contribution in [3.05, 3.63) is 45.7 Å². The van der Waals surface area contributed by atoms with Crippen LogP contribution in [0.2, 0.25) is 0 Å². The van der Waals surface area contributed by atoms with Crippen LogP contribution in [0.5, 0.6) is 0 Å². The smallest absolute Gasteiger partial charge is 0.261 e. The third kappa shape index (κ3) is 5.14. The highest BCUT2D eigenvalue weighted by Crippen LogP contribution is 2.31. The zero-order valence-electron chi connectivity index (χ0n) is 13.2. The van der Waals surface area contributed by atoms with Crippen molar-refractivity contribution in [2.45, 2.75) is 12.8 Å². The van der Waals surface area contributed by atoms with Crippen molar-refractivity contribution in [1.29, 1.82) is 0 Å². The minimum atomic E-state index is -0.345. The van der Waals surface area contributed by atoms with Crippen LogP contribution >= 0.6 is 27.3 Å². The van der Waals surface area contributed by atoms with Crippen molar-refractivity contribution >= 4 is 55.7 Å². The van der Waals surface area contributed by atoms with E-state index in [0.29, 0.717) is 15.6 Å². The molecule has 3 rings (SSSR count). The van der Waals surface area contributed by atoms with Crippen LogP contribution in [0.15, 0.2) is 40.9 Å². The fourth-order valence-electron chi connectivity index (χ4n) is 2.08. The van der Waals surface area contributed by atoms with Crippen LogP contribution in [0.25, 0.3) is 0 Å². The summed E-state index contributed by atoms with van der Waals surface area (Å²) in [7, 11) is 0. The van der Waals surface area contributed by atoms with Gasteiger partial charge < -0.3 is 16.0 Å². The molecule has 0 unspecified atom stereocenters. The van der Waals surface area contributed by atoms with Crippen molar-refractivity contribution in [3.63, 3.8) is 0 Å². The van der Waals surface area contributed by atoms with Gasteiger partial charge in [-0.2, -0.15) is 0 Å². The number of thiophene rings is 1. The van der Waals surface area contributed by atoms with E-state index in [9.17, 15) is 14.4 Å². The van der Waals surface area contributed by atoms with Gasteiger partial charge in [0, 0.05) is 16.1 Å². The number of hydrogen-bond donors (Lipinski definition) is 3. The summed E-state index contributed by atoms with van der Waals surface area (Å²) in [5.74, 6) is -0.540. The Labute approximate surface area is 157 Å². The molecule has 0 aliphatic heterocycles. The molecular weight excluding hydrogens is 406 g/mol. The average molecular weight is 422 g/mol. The Morgan fingerprint density at radius 2 is 1.76 bits per heavy atom.